The van der Waals surface area contributed by atoms with Crippen molar-refractivity contribution in [3.63, 3.8) is 0 Å². The molecule has 0 saturated heterocycles. The minimum absolute atomic E-state index is 0.441. The molecular formula is C18H20N3O+. The number of nitrogens with two attached hydrogens (primary N) is 1. The molecular weight excluding hydrogens is 274 g/mol. The summed E-state index contributed by atoms with van der Waals surface area (Å²) >= 11 is 0. The van der Waals surface area contributed by atoms with Gasteiger partial charge in [0.2, 0.25) is 0 Å². The van der Waals surface area contributed by atoms with E-state index < -0.39 is 0 Å². The van der Waals surface area contributed by atoms with Crippen LogP contribution in [-0.2, 0) is 6.42 Å². The molecule has 2 aromatic rings. The van der Waals surface area contributed by atoms with E-state index in [9.17, 15) is 5.26 Å². The predicted octanol–water partition coefficient (Wildman–Crippen LogP) is 3.07. The summed E-state index contributed by atoms with van der Waals surface area (Å²) in [5.74, 6) is 1.71. The highest BCUT2D eigenvalue weighted by Gasteiger charge is 2.28. The molecule has 22 heavy (non-hydrogen) atoms. The Bertz CT molecular complexity index is 744. The van der Waals surface area contributed by atoms with E-state index in [1.165, 1.54) is 11.3 Å². The molecule has 4 heteroatoms. The number of aromatic amines is 1. The topological polar surface area (TPSA) is 73.2 Å². The van der Waals surface area contributed by atoms with Gasteiger partial charge in [-0.2, -0.15) is 5.26 Å². The summed E-state index contributed by atoms with van der Waals surface area (Å²) in [7, 11) is 1.65. The number of nitrogen functional groups attached to an aromatic ring is 1. The van der Waals surface area contributed by atoms with E-state index in [2.05, 4.69) is 18.0 Å². The van der Waals surface area contributed by atoms with Crippen LogP contribution in [0.4, 0.5) is 5.82 Å². The fraction of sp³-hybridized carbons (Fsp3) is 0.333. The van der Waals surface area contributed by atoms with Crippen molar-refractivity contribution < 1.29 is 9.72 Å². The van der Waals surface area contributed by atoms with Crippen LogP contribution >= 0.6 is 0 Å². The van der Waals surface area contributed by atoms with Crippen molar-refractivity contribution in [2.45, 2.75) is 32.1 Å². The second kappa shape index (κ2) is 5.69. The minimum atomic E-state index is 0.441. The number of ether oxygens (including phenoxy) is 1. The lowest BCUT2D eigenvalue weighted by Crippen LogP contribution is -2.26. The second-order valence-corrected chi connectivity index (χ2v) is 5.81. The molecule has 1 aliphatic rings. The third-order valence-corrected chi connectivity index (χ3v) is 4.46. The molecule has 1 heterocycles. The van der Waals surface area contributed by atoms with Crippen molar-refractivity contribution in [2.75, 3.05) is 12.8 Å². The van der Waals surface area contributed by atoms with Crippen molar-refractivity contribution in [1.29, 1.82) is 5.26 Å². The SMILES string of the molecule is COc1ccc(-c2c(C#N)c(N)[nH+]c3c2CCC[C@@H]3C)cc1. The molecule has 112 valence electrons. The average molecular weight is 294 g/mol. The van der Waals surface area contributed by atoms with E-state index in [0.29, 0.717) is 17.3 Å². The first-order valence-electron chi connectivity index (χ1n) is 7.57. The fourth-order valence-electron chi connectivity index (χ4n) is 3.31. The van der Waals surface area contributed by atoms with Crippen LogP contribution in [0, 0.1) is 11.3 Å². The van der Waals surface area contributed by atoms with Gasteiger partial charge >= 0.3 is 0 Å². The van der Waals surface area contributed by atoms with Gasteiger partial charge in [-0.1, -0.05) is 19.1 Å². The van der Waals surface area contributed by atoms with Gasteiger partial charge in [-0.15, -0.1) is 0 Å². The van der Waals surface area contributed by atoms with E-state index in [1.807, 2.05) is 24.3 Å². The smallest absolute Gasteiger partial charge is 0.289 e. The number of hydrogen-bond acceptors (Lipinski definition) is 3. The van der Waals surface area contributed by atoms with Crippen LogP contribution in [0.25, 0.3) is 11.1 Å². The lowest BCUT2D eigenvalue weighted by atomic mass is 9.82. The Balaban J connectivity index is 2.26. The molecule has 0 amide bonds. The van der Waals surface area contributed by atoms with Crippen molar-refractivity contribution in [2.24, 2.45) is 0 Å². The number of rotatable bonds is 2. The normalized spacial score (nSPS) is 16.7. The molecule has 0 spiro atoms. The van der Waals surface area contributed by atoms with Gasteiger partial charge in [0.25, 0.3) is 5.82 Å². The number of pyridine rings is 1. The quantitative estimate of drug-likeness (QED) is 0.925. The van der Waals surface area contributed by atoms with Crippen LogP contribution in [0.5, 0.6) is 5.75 Å². The molecule has 0 unspecified atom stereocenters. The summed E-state index contributed by atoms with van der Waals surface area (Å²) in [6, 6.07) is 10.1. The predicted molar refractivity (Wildman–Crippen MR) is 85.5 cm³/mol. The lowest BCUT2D eigenvalue weighted by Gasteiger charge is -2.23. The van der Waals surface area contributed by atoms with E-state index in [1.54, 1.807) is 7.11 Å². The van der Waals surface area contributed by atoms with Crippen LogP contribution in [0.15, 0.2) is 24.3 Å². The molecule has 4 nitrogen and oxygen atoms in total. The molecule has 3 N–H and O–H groups in total. The third-order valence-electron chi connectivity index (χ3n) is 4.46. The molecule has 3 rings (SSSR count). The van der Waals surface area contributed by atoms with Crippen molar-refractivity contribution in [3.05, 3.63) is 41.1 Å². The van der Waals surface area contributed by atoms with Crippen molar-refractivity contribution >= 4 is 5.82 Å². The van der Waals surface area contributed by atoms with Gasteiger partial charge in [0, 0.05) is 17.0 Å². The zero-order valence-corrected chi connectivity index (χ0v) is 12.9. The number of anilines is 1. The van der Waals surface area contributed by atoms with Gasteiger partial charge in [-0.05, 0) is 37.0 Å². The summed E-state index contributed by atoms with van der Waals surface area (Å²) < 4.78 is 5.22. The third kappa shape index (κ3) is 2.29. The number of fused-ring (bicyclic) bond motifs is 1. The first-order chi connectivity index (χ1) is 10.7. The van der Waals surface area contributed by atoms with Crippen molar-refractivity contribution in [1.82, 2.24) is 0 Å². The molecule has 0 aliphatic heterocycles. The standard InChI is InChI=1S/C18H19N3O/c1-11-4-3-5-14-16(12-6-8-13(22-2)9-7-12)15(10-19)18(20)21-17(11)14/h6-9,11H,3-5H2,1-2H3,(H2,20,21)/p+1/t11-/m0/s1. The molecule has 1 atom stereocenters. The largest absolute Gasteiger partial charge is 0.497 e. The van der Waals surface area contributed by atoms with Crippen LogP contribution < -0.4 is 15.5 Å². The molecule has 1 aromatic heterocycles. The molecule has 0 radical (unpaired) electrons. The van der Waals surface area contributed by atoms with E-state index in [0.717, 1.165) is 36.1 Å². The minimum Gasteiger partial charge on any atom is -0.497 e. The van der Waals surface area contributed by atoms with Gasteiger partial charge < -0.3 is 4.74 Å². The van der Waals surface area contributed by atoms with E-state index in [-0.39, 0.29) is 0 Å². The number of nitrogens with one attached hydrogen (secondary N) is 1. The molecule has 0 fully saturated rings. The van der Waals surface area contributed by atoms with Gasteiger partial charge in [-0.3, -0.25) is 5.73 Å². The van der Waals surface area contributed by atoms with Crippen LogP contribution in [0.2, 0.25) is 0 Å². The van der Waals surface area contributed by atoms with Crippen molar-refractivity contribution in [3.8, 4) is 22.9 Å². The molecule has 1 aliphatic carbocycles. The van der Waals surface area contributed by atoms with Gasteiger partial charge in [0.05, 0.1) is 7.11 Å². The summed E-state index contributed by atoms with van der Waals surface area (Å²) in [5.41, 5.74) is 11.0. The van der Waals surface area contributed by atoms with Crippen LogP contribution in [-0.4, -0.2) is 7.11 Å². The Morgan fingerprint density at radius 1 is 1.32 bits per heavy atom. The average Bonchev–Trinajstić information content (AvgIpc) is 2.55. The highest BCUT2D eigenvalue weighted by molar-refractivity contribution is 5.78. The van der Waals surface area contributed by atoms with E-state index >= 15 is 0 Å². The Morgan fingerprint density at radius 2 is 2.05 bits per heavy atom. The maximum atomic E-state index is 9.55. The highest BCUT2D eigenvalue weighted by Crippen LogP contribution is 2.38. The highest BCUT2D eigenvalue weighted by atomic mass is 16.5. The first kappa shape index (κ1) is 14.4. The van der Waals surface area contributed by atoms with Gasteiger partial charge in [0.1, 0.15) is 23.1 Å². The maximum absolute atomic E-state index is 9.55. The van der Waals surface area contributed by atoms with Gasteiger partial charge in [-0.25, -0.2) is 4.98 Å². The maximum Gasteiger partial charge on any atom is 0.289 e. The number of nitriles is 1. The first-order valence-corrected chi connectivity index (χ1v) is 7.57. The summed E-state index contributed by atoms with van der Waals surface area (Å²) in [5, 5.41) is 9.55. The number of aromatic nitrogens is 1. The monoisotopic (exact) mass is 294 g/mol. The number of hydrogen-bond donors (Lipinski definition) is 1. The Hall–Kier alpha value is -2.54. The summed E-state index contributed by atoms with van der Waals surface area (Å²) in [4.78, 5) is 3.26. The van der Waals surface area contributed by atoms with E-state index in [4.69, 9.17) is 10.5 Å². The van der Waals surface area contributed by atoms with Gasteiger partial charge in [0.15, 0.2) is 0 Å². The zero-order valence-electron chi connectivity index (χ0n) is 12.9. The second-order valence-electron chi connectivity index (χ2n) is 5.81. The zero-order chi connectivity index (χ0) is 15.7. The Kier molecular flexibility index (Phi) is 3.72. The number of nitrogens with zero attached hydrogens (tertiary/aromatic N) is 1. The fourth-order valence-corrected chi connectivity index (χ4v) is 3.31. The number of benzene rings is 1. The molecule has 1 aromatic carbocycles. The molecule has 0 saturated carbocycles. The summed E-state index contributed by atoms with van der Waals surface area (Å²) in [6.45, 7) is 2.21. The number of H-pyrrole nitrogens is 1. The Labute approximate surface area is 130 Å². The van der Waals surface area contributed by atoms with Crippen LogP contribution in [0.1, 0.15) is 42.5 Å². The number of methoxy groups -OCH3 is 1. The Morgan fingerprint density at radius 3 is 2.68 bits per heavy atom. The lowest BCUT2D eigenvalue weighted by molar-refractivity contribution is -0.377. The van der Waals surface area contributed by atoms with Crippen LogP contribution in [0.3, 0.4) is 0 Å². The summed E-state index contributed by atoms with van der Waals surface area (Å²) in [6.07, 6.45) is 3.27. The molecule has 0 bridgehead atoms.